The van der Waals surface area contributed by atoms with E-state index >= 15 is 0 Å². The van der Waals surface area contributed by atoms with Crippen molar-refractivity contribution in [1.82, 2.24) is 5.32 Å². The van der Waals surface area contributed by atoms with Crippen LogP contribution in [0.4, 0.5) is 5.69 Å². The van der Waals surface area contributed by atoms with Crippen molar-refractivity contribution in [2.24, 2.45) is 0 Å². The SMILES string of the molecule is O=[N+]([O-])c1ccc(OC([O-])=C2C=CC=CN2)cc1. The van der Waals surface area contributed by atoms with E-state index in [1.807, 2.05) is 0 Å². The maximum atomic E-state index is 11.6. The molecule has 0 fully saturated rings. The first-order valence-electron chi connectivity index (χ1n) is 5.10. The number of dihydropyridines is 1. The Morgan fingerprint density at radius 1 is 1.22 bits per heavy atom. The summed E-state index contributed by atoms with van der Waals surface area (Å²) >= 11 is 0. The van der Waals surface area contributed by atoms with E-state index in [0.717, 1.165) is 0 Å². The summed E-state index contributed by atoms with van der Waals surface area (Å²) in [6.07, 6.45) is 6.62. The van der Waals surface area contributed by atoms with Gasteiger partial charge in [0.1, 0.15) is 0 Å². The molecule has 0 amide bonds. The highest BCUT2D eigenvalue weighted by molar-refractivity contribution is 5.37. The summed E-state index contributed by atoms with van der Waals surface area (Å²) in [5.74, 6) is -0.299. The molecule has 0 atom stereocenters. The van der Waals surface area contributed by atoms with Crippen molar-refractivity contribution in [2.75, 3.05) is 0 Å². The third kappa shape index (κ3) is 2.67. The quantitative estimate of drug-likeness (QED) is 0.490. The van der Waals surface area contributed by atoms with Gasteiger partial charge in [-0.1, -0.05) is 6.08 Å². The molecule has 18 heavy (non-hydrogen) atoms. The fourth-order valence-corrected chi connectivity index (χ4v) is 1.32. The average Bonchev–Trinajstić information content (AvgIpc) is 2.40. The summed E-state index contributed by atoms with van der Waals surface area (Å²) < 4.78 is 5.04. The molecule has 1 aliphatic heterocycles. The zero-order chi connectivity index (χ0) is 13.0. The number of nitrogens with one attached hydrogen (secondary N) is 1. The molecule has 0 unspecified atom stereocenters. The number of hydrogen-bond acceptors (Lipinski definition) is 5. The Balaban J connectivity index is 2.12. The third-order valence-electron chi connectivity index (χ3n) is 2.19. The number of rotatable bonds is 3. The lowest BCUT2D eigenvalue weighted by molar-refractivity contribution is -0.384. The molecule has 1 aliphatic rings. The van der Waals surface area contributed by atoms with Crippen LogP contribution in [0.25, 0.3) is 0 Å². The third-order valence-corrected chi connectivity index (χ3v) is 2.19. The Morgan fingerprint density at radius 2 is 1.94 bits per heavy atom. The van der Waals surface area contributed by atoms with Gasteiger partial charge in [0.25, 0.3) is 5.69 Å². The average molecular weight is 245 g/mol. The minimum atomic E-state index is -0.551. The van der Waals surface area contributed by atoms with Gasteiger partial charge >= 0.3 is 0 Å². The molecule has 1 aromatic carbocycles. The van der Waals surface area contributed by atoms with Crippen LogP contribution in [0.3, 0.4) is 0 Å². The Kier molecular flexibility index (Phi) is 3.29. The van der Waals surface area contributed by atoms with Crippen molar-refractivity contribution >= 4 is 5.69 Å². The Bertz CT molecular complexity index is 544. The van der Waals surface area contributed by atoms with Gasteiger partial charge in [-0.3, -0.25) is 10.1 Å². The van der Waals surface area contributed by atoms with Crippen LogP contribution >= 0.6 is 0 Å². The molecule has 0 aliphatic carbocycles. The number of allylic oxidation sites excluding steroid dienone is 3. The highest BCUT2D eigenvalue weighted by Gasteiger charge is 2.03. The van der Waals surface area contributed by atoms with Crippen LogP contribution < -0.4 is 15.2 Å². The number of nitrogens with zero attached hydrogens (tertiary/aromatic N) is 1. The zero-order valence-electron chi connectivity index (χ0n) is 9.20. The van der Waals surface area contributed by atoms with Gasteiger partial charge in [-0.15, -0.1) is 0 Å². The van der Waals surface area contributed by atoms with Gasteiger partial charge in [-0.25, -0.2) is 0 Å². The van der Waals surface area contributed by atoms with Crippen LogP contribution in [0.15, 0.2) is 60.3 Å². The smallest absolute Gasteiger partial charge is 0.269 e. The van der Waals surface area contributed by atoms with Gasteiger partial charge in [0, 0.05) is 24.1 Å². The van der Waals surface area contributed by atoms with Crippen molar-refractivity contribution in [1.29, 1.82) is 0 Å². The van der Waals surface area contributed by atoms with Crippen LogP contribution in [0.5, 0.6) is 5.75 Å². The Hall–Kier alpha value is -2.76. The second-order valence-corrected chi connectivity index (χ2v) is 3.42. The summed E-state index contributed by atoms with van der Waals surface area (Å²) in [7, 11) is 0. The van der Waals surface area contributed by atoms with Crippen molar-refractivity contribution in [3.63, 3.8) is 0 Å². The van der Waals surface area contributed by atoms with E-state index in [0.29, 0.717) is 5.70 Å². The number of benzene rings is 1. The summed E-state index contributed by atoms with van der Waals surface area (Å²) in [5, 5.41) is 24.8. The summed E-state index contributed by atoms with van der Waals surface area (Å²) in [4.78, 5) is 9.93. The minimum Gasteiger partial charge on any atom is -0.578 e. The van der Waals surface area contributed by atoms with Gasteiger partial charge in [0.05, 0.1) is 16.6 Å². The van der Waals surface area contributed by atoms with Gasteiger partial charge in [-0.2, -0.15) is 0 Å². The maximum Gasteiger partial charge on any atom is 0.269 e. The minimum absolute atomic E-state index is 0.0546. The maximum absolute atomic E-state index is 11.6. The lowest BCUT2D eigenvalue weighted by atomic mass is 10.3. The molecule has 1 N–H and O–H groups in total. The number of ether oxygens (including phenoxy) is 1. The fraction of sp³-hybridized carbons (Fsp3) is 0. The van der Waals surface area contributed by atoms with Crippen molar-refractivity contribution < 1.29 is 14.8 Å². The molecule has 6 heteroatoms. The number of nitro benzene ring substituents is 1. The second-order valence-electron chi connectivity index (χ2n) is 3.42. The van der Waals surface area contributed by atoms with Crippen molar-refractivity contribution in [3.05, 3.63) is 70.5 Å². The van der Waals surface area contributed by atoms with E-state index in [2.05, 4.69) is 5.32 Å². The van der Waals surface area contributed by atoms with E-state index in [1.165, 1.54) is 24.3 Å². The summed E-state index contributed by atoms with van der Waals surface area (Å²) in [5.41, 5.74) is 0.247. The van der Waals surface area contributed by atoms with Crippen LogP contribution in [0, 0.1) is 10.1 Å². The Morgan fingerprint density at radius 3 is 2.50 bits per heavy atom. The van der Waals surface area contributed by atoms with Crippen LogP contribution in [-0.2, 0) is 0 Å². The summed E-state index contributed by atoms with van der Waals surface area (Å²) in [6, 6.07) is 5.30. The lowest BCUT2D eigenvalue weighted by Gasteiger charge is -2.19. The number of nitro groups is 1. The van der Waals surface area contributed by atoms with Gasteiger partial charge in [0.15, 0.2) is 0 Å². The molecule has 0 bridgehead atoms. The highest BCUT2D eigenvalue weighted by Crippen LogP contribution is 2.19. The topological polar surface area (TPSA) is 87.5 Å². The normalized spacial score (nSPS) is 16.0. The molecule has 0 radical (unpaired) electrons. The van der Waals surface area contributed by atoms with Gasteiger partial charge < -0.3 is 15.2 Å². The largest absolute Gasteiger partial charge is 0.578 e. The first-order valence-corrected chi connectivity index (χ1v) is 5.10. The molecule has 6 nitrogen and oxygen atoms in total. The molecule has 0 saturated heterocycles. The van der Waals surface area contributed by atoms with Crippen molar-refractivity contribution in [2.45, 2.75) is 0 Å². The monoisotopic (exact) mass is 245 g/mol. The number of non-ortho nitro benzene ring substituents is 1. The second kappa shape index (κ2) is 5.05. The molecular formula is C12H9N2O4-. The standard InChI is InChI=1S/C12H10N2O4/c15-12(11-3-1-2-8-13-11)18-10-6-4-9(5-7-10)14(16)17/h1-8,13,15H/p-1. The first kappa shape index (κ1) is 11.7. The lowest BCUT2D eigenvalue weighted by Crippen LogP contribution is -2.20. The molecule has 0 spiro atoms. The fourth-order valence-electron chi connectivity index (χ4n) is 1.32. The van der Waals surface area contributed by atoms with E-state index in [1.54, 1.807) is 24.4 Å². The molecule has 0 aromatic heterocycles. The molecule has 1 heterocycles. The zero-order valence-corrected chi connectivity index (χ0v) is 9.20. The predicted octanol–water partition coefficient (Wildman–Crippen LogP) is 1.18. The van der Waals surface area contributed by atoms with Crippen LogP contribution in [0.2, 0.25) is 0 Å². The molecule has 0 saturated carbocycles. The number of hydrogen-bond donors (Lipinski definition) is 1. The predicted molar refractivity (Wildman–Crippen MR) is 62.2 cm³/mol. The molecule has 2 rings (SSSR count). The van der Waals surface area contributed by atoms with Crippen molar-refractivity contribution in [3.8, 4) is 5.75 Å². The Labute approximate surface area is 103 Å². The summed E-state index contributed by atoms with van der Waals surface area (Å²) in [6.45, 7) is 0. The van der Waals surface area contributed by atoms with E-state index in [4.69, 9.17) is 4.74 Å². The first-order chi connectivity index (χ1) is 8.66. The van der Waals surface area contributed by atoms with Crippen LogP contribution in [0.1, 0.15) is 0 Å². The van der Waals surface area contributed by atoms with Gasteiger partial charge in [-0.05, 0) is 24.3 Å². The molecular weight excluding hydrogens is 236 g/mol. The van der Waals surface area contributed by atoms with E-state index < -0.39 is 10.9 Å². The van der Waals surface area contributed by atoms with E-state index in [-0.39, 0.29) is 11.4 Å². The van der Waals surface area contributed by atoms with Gasteiger partial charge in [0.2, 0.25) is 0 Å². The van der Waals surface area contributed by atoms with Crippen LogP contribution in [-0.4, -0.2) is 4.92 Å². The molecule has 92 valence electrons. The highest BCUT2D eigenvalue weighted by atomic mass is 16.6. The van der Waals surface area contributed by atoms with E-state index in [9.17, 15) is 15.2 Å². The molecule has 1 aromatic rings.